The molecule has 0 radical (unpaired) electrons. The summed E-state index contributed by atoms with van der Waals surface area (Å²) in [6.45, 7) is 0.692. The van der Waals surface area contributed by atoms with Gasteiger partial charge < -0.3 is 15.4 Å². The Hall–Kier alpha value is -4.53. The van der Waals surface area contributed by atoms with E-state index in [0.29, 0.717) is 41.8 Å². The monoisotopic (exact) mass is 648 g/mol. The Morgan fingerprint density at radius 1 is 0.978 bits per heavy atom. The predicted octanol–water partition coefficient (Wildman–Crippen LogP) is 2.49. The second-order valence-electron chi connectivity index (χ2n) is 10.3. The Labute approximate surface area is 265 Å². The Morgan fingerprint density at radius 2 is 1.69 bits per heavy atom. The van der Waals surface area contributed by atoms with Gasteiger partial charge in [-0.15, -0.1) is 0 Å². The first-order valence-corrected chi connectivity index (χ1v) is 16.7. The van der Waals surface area contributed by atoms with Crippen LogP contribution in [0.1, 0.15) is 29.5 Å². The van der Waals surface area contributed by atoms with E-state index in [-0.39, 0.29) is 41.2 Å². The highest BCUT2D eigenvalue weighted by atomic mass is 32.2. The number of hydrogen-bond donors (Lipinski definition) is 3. The molecular weight excluding hydrogens is 617 g/mol. The van der Waals surface area contributed by atoms with Gasteiger partial charge in [-0.05, 0) is 60.4 Å². The highest BCUT2D eigenvalue weighted by Gasteiger charge is 2.41. The number of primary sulfonamides is 1. The first-order valence-electron chi connectivity index (χ1n) is 14.1. The van der Waals surface area contributed by atoms with Gasteiger partial charge in [0.1, 0.15) is 17.6 Å². The molecule has 3 aromatic carbocycles. The SMILES string of the molecule is COc1ccc(CNC(=O)CC[C@@H]2N=C3c4ccccc4N=C(SCC(=O)NCCc4ccc(S(N)(=O)=O)cc4)N3C2=O)cc1. The summed E-state index contributed by atoms with van der Waals surface area (Å²) < 4.78 is 28.0. The molecule has 12 nitrogen and oxygen atoms in total. The number of amides is 3. The van der Waals surface area contributed by atoms with Crippen molar-refractivity contribution in [2.75, 3.05) is 19.4 Å². The highest BCUT2D eigenvalue weighted by molar-refractivity contribution is 8.14. The van der Waals surface area contributed by atoms with Gasteiger partial charge in [-0.1, -0.05) is 48.2 Å². The van der Waals surface area contributed by atoms with E-state index < -0.39 is 16.1 Å². The van der Waals surface area contributed by atoms with Crippen LogP contribution in [0.3, 0.4) is 0 Å². The van der Waals surface area contributed by atoms with Crippen LogP contribution in [-0.4, -0.2) is 67.5 Å². The van der Waals surface area contributed by atoms with Crippen molar-refractivity contribution < 1.29 is 27.5 Å². The van der Waals surface area contributed by atoms with E-state index >= 15 is 0 Å². The third-order valence-electron chi connectivity index (χ3n) is 7.16. The molecule has 0 aliphatic carbocycles. The number of carbonyl (C=O) groups is 3. The van der Waals surface area contributed by atoms with Gasteiger partial charge in [0.25, 0.3) is 5.91 Å². The molecule has 2 heterocycles. The number of nitrogens with zero attached hydrogens (tertiary/aromatic N) is 3. The van der Waals surface area contributed by atoms with Crippen molar-refractivity contribution in [1.29, 1.82) is 0 Å². The lowest BCUT2D eigenvalue weighted by atomic mass is 10.1. The van der Waals surface area contributed by atoms with E-state index in [1.54, 1.807) is 19.2 Å². The van der Waals surface area contributed by atoms with Crippen LogP contribution in [0.2, 0.25) is 0 Å². The van der Waals surface area contributed by atoms with Crippen LogP contribution >= 0.6 is 11.8 Å². The fraction of sp³-hybridized carbons (Fsp3) is 0.258. The zero-order valence-electron chi connectivity index (χ0n) is 24.4. The minimum absolute atomic E-state index is 0.0147. The van der Waals surface area contributed by atoms with Gasteiger partial charge in [-0.2, -0.15) is 0 Å². The van der Waals surface area contributed by atoms with E-state index in [1.165, 1.54) is 17.0 Å². The Kier molecular flexibility index (Phi) is 9.96. The van der Waals surface area contributed by atoms with Gasteiger partial charge in [0.05, 0.1) is 23.4 Å². The zero-order valence-corrected chi connectivity index (χ0v) is 26.1. The quantitative estimate of drug-likeness (QED) is 0.271. The maximum atomic E-state index is 13.5. The molecule has 0 fully saturated rings. The van der Waals surface area contributed by atoms with Crippen LogP contribution in [0.5, 0.6) is 5.75 Å². The van der Waals surface area contributed by atoms with Crippen LogP contribution in [0, 0.1) is 0 Å². The van der Waals surface area contributed by atoms with Crippen molar-refractivity contribution in [3.63, 3.8) is 0 Å². The number of nitrogens with one attached hydrogen (secondary N) is 2. The lowest BCUT2D eigenvalue weighted by Crippen LogP contribution is -2.42. The average molecular weight is 649 g/mol. The normalized spacial score (nSPS) is 15.5. The lowest BCUT2D eigenvalue weighted by molar-refractivity contribution is -0.125. The van der Waals surface area contributed by atoms with Crippen molar-refractivity contribution in [3.05, 3.63) is 89.5 Å². The fourth-order valence-corrected chi connectivity index (χ4v) is 6.11. The number of methoxy groups -OCH3 is 1. The van der Waals surface area contributed by atoms with E-state index in [9.17, 15) is 22.8 Å². The summed E-state index contributed by atoms with van der Waals surface area (Å²) in [6.07, 6.45) is 0.837. The molecule has 234 valence electrons. The minimum atomic E-state index is -3.77. The smallest absolute Gasteiger partial charge is 0.259 e. The topological polar surface area (TPSA) is 173 Å². The number of amidine groups is 2. The molecular formula is C31H32N6O6S2. The van der Waals surface area contributed by atoms with Crippen LogP contribution in [0.25, 0.3) is 0 Å². The first kappa shape index (κ1) is 31.9. The summed E-state index contributed by atoms with van der Waals surface area (Å²) in [6, 6.07) is 20.1. The van der Waals surface area contributed by atoms with Gasteiger partial charge in [-0.25, -0.2) is 23.4 Å². The summed E-state index contributed by atoms with van der Waals surface area (Å²) >= 11 is 1.13. The molecule has 0 saturated heterocycles. The third-order valence-corrected chi connectivity index (χ3v) is 9.03. The predicted molar refractivity (Wildman–Crippen MR) is 172 cm³/mol. The van der Waals surface area contributed by atoms with Gasteiger partial charge in [0, 0.05) is 25.1 Å². The number of ether oxygens (including phenoxy) is 1. The van der Waals surface area contributed by atoms with E-state index in [0.717, 1.165) is 28.6 Å². The van der Waals surface area contributed by atoms with Crippen LogP contribution in [-0.2, 0) is 37.4 Å². The van der Waals surface area contributed by atoms with Crippen molar-refractivity contribution in [1.82, 2.24) is 15.5 Å². The summed E-state index contributed by atoms with van der Waals surface area (Å²) in [5.41, 5.74) is 3.12. The second kappa shape index (κ2) is 14.1. The van der Waals surface area contributed by atoms with E-state index in [4.69, 9.17) is 9.88 Å². The number of rotatable bonds is 12. The van der Waals surface area contributed by atoms with Crippen LogP contribution in [0.4, 0.5) is 5.69 Å². The molecule has 2 aliphatic rings. The molecule has 14 heteroatoms. The molecule has 3 amide bonds. The Bertz CT molecular complexity index is 1760. The molecule has 4 N–H and O–H groups in total. The standard InChI is InChI=1S/C31H32N6O6S2/c1-43-22-10-6-21(7-11-22)18-34-27(38)15-14-26-30(40)37-29(35-26)24-4-2-3-5-25(24)36-31(37)44-19-28(39)33-17-16-20-8-12-23(13-9-20)45(32,41)42/h2-13,26H,14-19H2,1H3,(H,33,39)(H,34,38)(H2,32,41,42)/t26-/m0/s1. The summed E-state index contributed by atoms with van der Waals surface area (Å²) in [5, 5.41) is 11.2. The number of fused-ring (bicyclic) bond motifs is 3. The molecule has 0 saturated carbocycles. The molecule has 0 unspecified atom stereocenters. The van der Waals surface area contributed by atoms with E-state index in [2.05, 4.69) is 20.6 Å². The minimum Gasteiger partial charge on any atom is -0.497 e. The van der Waals surface area contributed by atoms with Gasteiger partial charge in [0.2, 0.25) is 21.8 Å². The van der Waals surface area contributed by atoms with Crippen molar-refractivity contribution in [2.24, 2.45) is 15.1 Å². The molecule has 5 rings (SSSR count). The fourth-order valence-electron chi connectivity index (χ4n) is 4.76. The van der Waals surface area contributed by atoms with Gasteiger partial charge in [0.15, 0.2) is 5.17 Å². The molecule has 1 atom stereocenters. The molecule has 3 aromatic rings. The first-order chi connectivity index (χ1) is 21.6. The molecule has 2 aliphatic heterocycles. The largest absolute Gasteiger partial charge is 0.497 e. The Morgan fingerprint density at radius 3 is 2.40 bits per heavy atom. The Balaban J connectivity index is 1.15. The zero-order chi connectivity index (χ0) is 32.0. The summed E-state index contributed by atoms with van der Waals surface area (Å²) in [7, 11) is -2.18. The number of nitrogens with two attached hydrogens (primary N) is 1. The maximum Gasteiger partial charge on any atom is 0.259 e. The number of thioether (sulfide) groups is 1. The number of carbonyl (C=O) groups excluding carboxylic acids is 3. The van der Waals surface area contributed by atoms with Crippen molar-refractivity contribution in [2.45, 2.75) is 36.7 Å². The lowest BCUT2D eigenvalue weighted by Gasteiger charge is -2.25. The van der Waals surface area contributed by atoms with Gasteiger partial charge >= 0.3 is 0 Å². The number of aliphatic imine (C=N–C) groups is 2. The highest BCUT2D eigenvalue weighted by Crippen LogP contribution is 2.34. The molecule has 45 heavy (non-hydrogen) atoms. The number of benzene rings is 3. The van der Waals surface area contributed by atoms with Crippen LogP contribution < -0.4 is 20.5 Å². The maximum absolute atomic E-state index is 13.5. The number of para-hydroxylation sites is 1. The van der Waals surface area contributed by atoms with Crippen LogP contribution in [0.15, 0.2) is 87.7 Å². The average Bonchev–Trinajstić information content (AvgIpc) is 3.38. The number of hydrogen-bond acceptors (Lipinski definition) is 9. The summed E-state index contributed by atoms with van der Waals surface area (Å²) in [5.74, 6) is 0.469. The van der Waals surface area contributed by atoms with E-state index in [1.807, 2.05) is 48.5 Å². The third kappa shape index (κ3) is 7.95. The number of sulfonamides is 1. The molecule has 0 bridgehead atoms. The van der Waals surface area contributed by atoms with Crippen molar-refractivity contribution in [3.8, 4) is 5.75 Å². The summed E-state index contributed by atoms with van der Waals surface area (Å²) in [4.78, 5) is 49.5. The molecule has 0 aromatic heterocycles. The van der Waals surface area contributed by atoms with Crippen molar-refractivity contribution >= 4 is 56.2 Å². The second-order valence-corrected chi connectivity index (χ2v) is 12.8. The molecule has 0 spiro atoms. The van der Waals surface area contributed by atoms with Gasteiger partial charge in [-0.3, -0.25) is 19.4 Å².